The van der Waals surface area contributed by atoms with Crippen molar-refractivity contribution in [3.8, 4) is 5.75 Å². The van der Waals surface area contributed by atoms with E-state index in [1.807, 2.05) is 37.3 Å². The van der Waals surface area contributed by atoms with Crippen LogP contribution in [-0.2, 0) is 17.8 Å². The molecule has 0 saturated carbocycles. The van der Waals surface area contributed by atoms with E-state index < -0.39 is 5.76 Å². The van der Waals surface area contributed by atoms with Crippen LogP contribution in [0.1, 0.15) is 29.6 Å². The second-order valence-corrected chi connectivity index (χ2v) is 8.21. The highest BCUT2D eigenvalue weighted by Gasteiger charge is 2.31. The smallest absolute Gasteiger partial charge is 0.420 e. The second-order valence-electron chi connectivity index (χ2n) is 8.21. The van der Waals surface area contributed by atoms with Crippen LogP contribution in [0.2, 0.25) is 0 Å². The van der Waals surface area contributed by atoms with E-state index in [-0.39, 0.29) is 18.4 Å². The molecule has 9 nitrogen and oxygen atoms in total. The molecule has 5 rings (SSSR count). The first-order valence-electron chi connectivity index (χ1n) is 10.9. The van der Waals surface area contributed by atoms with E-state index in [9.17, 15) is 9.59 Å². The molecule has 0 radical (unpaired) electrons. The Morgan fingerprint density at radius 1 is 1.21 bits per heavy atom. The second kappa shape index (κ2) is 8.93. The SMILES string of the molecule is Cc1cccc(OCCc2noc(C3CCN(C(=O)Cn4c(=O)oc5ccccc54)C3)n2)c1. The number of rotatable bonds is 7. The average molecular weight is 448 g/mol. The molecule has 1 aliphatic rings. The molecule has 1 aliphatic heterocycles. The first-order chi connectivity index (χ1) is 16.1. The third kappa shape index (κ3) is 4.52. The van der Waals surface area contributed by atoms with Crippen LogP contribution in [-0.4, -0.2) is 45.2 Å². The molecule has 9 heteroatoms. The molecule has 2 aromatic carbocycles. The molecular weight excluding hydrogens is 424 g/mol. The Balaban J connectivity index is 1.16. The maximum absolute atomic E-state index is 12.8. The van der Waals surface area contributed by atoms with Gasteiger partial charge in [0.15, 0.2) is 11.4 Å². The predicted octanol–water partition coefficient (Wildman–Crippen LogP) is 2.92. The number of carbonyl (C=O) groups is 1. The summed E-state index contributed by atoms with van der Waals surface area (Å²) in [5.41, 5.74) is 2.22. The molecule has 2 aromatic heterocycles. The van der Waals surface area contributed by atoms with E-state index in [2.05, 4.69) is 10.1 Å². The van der Waals surface area contributed by atoms with Crippen molar-refractivity contribution in [1.82, 2.24) is 19.6 Å². The van der Waals surface area contributed by atoms with Gasteiger partial charge in [0.1, 0.15) is 12.3 Å². The number of amides is 1. The topological polar surface area (TPSA) is 104 Å². The van der Waals surface area contributed by atoms with Gasteiger partial charge in [-0.3, -0.25) is 9.36 Å². The van der Waals surface area contributed by atoms with Crippen molar-refractivity contribution in [2.24, 2.45) is 0 Å². The summed E-state index contributed by atoms with van der Waals surface area (Å²) in [6.45, 7) is 3.45. The zero-order chi connectivity index (χ0) is 22.8. The molecule has 0 aliphatic carbocycles. The molecule has 33 heavy (non-hydrogen) atoms. The first kappa shape index (κ1) is 21.0. The summed E-state index contributed by atoms with van der Waals surface area (Å²) in [7, 11) is 0. The summed E-state index contributed by atoms with van der Waals surface area (Å²) < 4.78 is 17.8. The van der Waals surface area contributed by atoms with Crippen LogP contribution in [0.25, 0.3) is 11.1 Å². The molecule has 170 valence electrons. The van der Waals surface area contributed by atoms with E-state index in [0.29, 0.717) is 48.9 Å². The van der Waals surface area contributed by atoms with Crippen LogP contribution < -0.4 is 10.5 Å². The van der Waals surface area contributed by atoms with Gasteiger partial charge >= 0.3 is 5.76 Å². The Morgan fingerprint density at radius 3 is 2.97 bits per heavy atom. The number of hydrogen-bond acceptors (Lipinski definition) is 7. The van der Waals surface area contributed by atoms with Gasteiger partial charge in [0.05, 0.1) is 18.0 Å². The van der Waals surface area contributed by atoms with Gasteiger partial charge in [-0.25, -0.2) is 4.79 Å². The minimum Gasteiger partial charge on any atom is -0.493 e. The van der Waals surface area contributed by atoms with Gasteiger partial charge in [0, 0.05) is 19.5 Å². The third-order valence-corrected chi connectivity index (χ3v) is 5.83. The zero-order valence-electron chi connectivity index (χ0n) is 18.3. The van der Waals surface area contributed by atoms with Crippen molar-refractivity contribution in [2.45, 2.75) is 32.2 Å². The summed E-state index contributed by atoms with van der Waals surface area (Å²) in [6, 6.07) is 14.9. The number of benzene rings is 2. The number of hydrogen-bond donors (Lipinski definition) is 0. The Kier molecular flexibility index (Phi) is 5.68. The van der Waals surface area contributed by atoms with Gasteiger partial charge in [-0.05, 0) is 43.2 Å². The summed E-state index contributed by atoms with van der Waals surface area (Å²) in [6.07, 6.45) is 1.26. The fourth-order valence-electron chi connectivity index (χ4n) is 4.09. The van der Waals surface area contributed by atoms with Gasteiger partial charge in [0.2, 0.25) is 11.8 Å². The normalized spacial score (nSPS) is 15.9. The minimum atomic E-state index is -0.533. The minimum absolute atomic E-state index is 0.0225. The third-order valence-electron chi connectivity index (χ3n) is 5.83. The van der Waals surface area contributed by atoms with Gasteiger partial charge in [0.25, 0.3) is 0 Å². The molecule has 1 saturated heterocycles. The van der Waals surface area contributed by atoms with E-state index in [1.165, 1.54) is 4.57 Å². The van der Waals surface area contributed by atoms with Crippen LogP contribution in [0.3, 0.4) is 0 Å². The molecule has 0 N–H and O–H groups in total. The summed E-state index contributed by atoms with van der Waals surface area (Å²) in [5, 5.41) is 4.06. The number of ether oxygens (including phenoxy) is 1. The lowest BCUT2D eigenvalue weighted by molar-refractivity contribution is -0.130. The van der Waals surface area contributed by atoms with Crippen molar-refractivity contribution in [3.63, 3.8) is 0 Å². The van der Waals surface area contributed by atoms with Crippen molar-refractivity contribution < 1.29 is 18.5 Å². The lowest BCUT2D eigenvalue weighted by Crippen LogP contribution is -2.34. The van der Waals surface area contributed by atoms with Crippen LogP contribution >= 0.6 is 0 Å². The monoisotopic (exact) mass is 448 g/mol. The highest BCUT2D eigenvalue weighted by atomic mass is 16.5. The number of aryl methyl sites for hydroxylation is 1. The number of carbonyl (C=O) groups excluding carboxylic acids is 1. The summed E-state index contributed by atoms with van der Waals surface area (Å²) in [4.78, 5) is 31.2. The van der Waals surface area contributed by atoms with E-state index in [4.69, 9.17) is 13.7 Å². The molecule has 1 unspecified atom stereocenters. The highest BCUT2D eigenvalue weighted by Crippen LogP contribution is 2.26. The maximum Gasteiger partial charge on any atom is 0.420 e. The van der Waals surface area contributed by atoms with Gasteiger partial charge in [-0.15, -0.1) is 0 Å². The Labute approximate surface area is 189 Å². The number of aromatic nitrogens is 3. The number of nitrogens with zero attached hydrogens (tertiary/aromatic N) is 4. The number of likely N-dealkylation sites (tertiary alicyclic amines) is 1. The molecule has 1 atom stereocenters. The van der Waals surface area contributed by atoms with E-state index in [0.717, 1.165) is 17.7 Å². The fourth-order valence-corrected chi connectivity index (χ4v) is 4.09. The van der Waals surface area contributed by atoms with Crippen molar-refractivity contribution in [2.75, 3.05) is 19.7 Å². The average Bonchev–Trinajstić information content (AvgIpc) is 3.53. The molecular formula is C24H24N4O5. The van der Waals surface area contributed by atoms with Crippen molar-refractivity contribution in [1.29, 1.82) is 0 Å². The number of oxazole rings is 1. The molecule has 1 amide bonds. The van der Waals surface area contributed by atoms with Crippen LogP contribution in [0.5, 0.6) is 5.75 Å². The van der Waals surface area contributed by atoms with Gasteiger partial charge in [-0.1, -0.05) is 29.4 Å². The highest BCUT2D eigenvalue weighted by molar-refractivity contribution is 5.79. The van der Waals surface area contributed by atoms with Crippen LogP contribution in [0.15, 0.2) is 62.3 Å². The zero-order valence-corrected chi connectivity index (χ0v) is 18.3. The Bertz CT molecular complexity index is 1340. The first-order valence-corrected chi connectivity index (χ1v) is 10.9. The Hall–Kier alpha value is -3.88. The van der Waals surface area contributed by atoms with Gasteiger partial charge in [-0.2, -0.15) is 4.98 Å². The van der Waals surface area contributed by atoms with Gasteiger partial charge < -0.3 is 18.6 Å². The van der Waals surface area contributed by atoms with E-state index >= 15 is 0 Å². The molecule has 0 bridgehead atoms. The van der Waals surface area contributed by atoms with Crippen LogP contribution in [0.4, 0.5) is 0 Å². The largest absolute Gasteiger partial charge is 0.493 e. The predicted molar refractivity (Wildman–Crippen MR) is 119 cm³/mol. The summed E-state index contributed by atoms with van der Waals surface area (Å²) in [5.74, 6) is 1.23. The maximum atomic E-state index is 12.8. The Morgan fingerprint density at radius 2 is 2.09 bits per heavy atom. The lowest BCUT2D eigenvalue weighted by atomic mass is 10.1. The molecule has 1 fully saturated rings. The number of fused-ring (bicyclic) bond motifs is 1. The fraction of sp³-hybridized carbons (Fsp3) is 0.333. The van der Waals surface area contributed by atoms with Crippen molar-refractivity contribution in [3.05, 3.63) is 76.4 Å². The van der Waals surface area contributed by atoms with Crippen LogP contribution in [0, 0.1) is 6.92 Å². The van der Waals surface area contributed by atoms with Crippen molar-refractivity contribution >= 4 is 17.0 Å². The quantitative estimate of drug-likeness (QED) is 0.428. The summed E-state index contributed by atoms with van der Waals surface area (Å²) >= 11 is 0. The van der Waals surface area contributed by atoms with E-state index in [1.54, 1.807) is 23.1 Å². The standard InChI is InChI=1S/C24H24N4O5/c1-16-5-4-6-18(13-16)31-12-10-21-25-23(33-26-21)17-9-11-27(14-17)22(29)15-28-19-7-2-3-8-20(19)32-24(28)30/h2-8,13,17H,9-12,14-15H2,1H3. The molecule has 3 heterocycles. The lowest BCUT2D eigenvalue weighted by Gasteiger charge is -2.15. The molecule has 4 aromatic rings. The molecule has 0 spiro atoms. The number of para-hydroxylation sites is 2.